The SMILES string of the molecule is CCOCCOC1CCN(C(=O)[C@@H]2CCCCN2)CC1. The van der Waals surface area contributed by atoms with Crippen LogP contribution in [0.1, 0.15) is 39.0 Å². The molecule has 0 aliphatic carbocycles. The van der Waals surface area contributed by atoms with Gasteiger partial charge in [-0.05, 0) is 39.2 Å². The molecule has 1 amide bonds. The van der Waals surface area contributed by atoms with E-state index in [-0.39, 0.29) is 11.9 Å². The minimum absolute atomic E-state index is 0.0548. The maximum atomic E-state index is 12.4. The highest BCUT2D eigenvalue weighted by Crippen LogP contribution is 2.17. The van der Waals surface area contributed by atoms with Crippen molar-refractivity contribution in [2.24, 2.45) is 0 Å². The largest absolute Gasteiger partial charge is 0.379 e. The average molecular weight is 284 g/mol. The molecule has 0 bridgehead atoms. The van der Waals surface area contributed by atoms with Gasteiger partial charge in [0.15, 0.2) is 0 Å². The Balaban J connectivity index is 1.64. The van der Waals surface area contributed by atoms with Gasteiger partial charge in [0.05, 0.1) is 25.4 Å². The van der Waals surface area contributed by atoms with Crippen LogP contribution < -0.4 is 5.32 Å². The van der Waals surface area contributed by atoms with Crippen LogP contribution in [0.5, 0.6) is 0 Å². The average Bonchev–Trinajstić information content (AvgIpc) is 2.52. The lowest BCUT2D eigenvalue weighted by Crippen LogP contribution is -2.51. The van der Waals surface area contributed by atoms with E-state index in [9.17, 15) is 4.79 Å². The lowest BCUT2D eigenvalue weighted by Gasteiger charge is -2.35. The summed E-state index contributed by atoms with van der Waals surface area (Å²) < 4.78 is 11.0. The third-order valence-electron chi connectivity index (χ3n) is 4.15. The van der Waals surface area contributed by atoms with Crippen LogP contribution in [0.3, 0.4) is 0 Å². The summed E-state index contributed by atoms with van der Waals surface area (Å²) in [5.74, 6) is 0.289. The van der Waals surface area contributed by atoms with Crippen LogP contribution in [0.15, 0.2) is 0 Å². The minimum Gasteiger partial charge on any atom is -0.379 e. The molecule has 0 unspecified atom stereocenters. The molecule has 0 aromatic heterocycles. The first kappa shape index (κ1) is 15.7. The Morgan fingerprint density at radius 1 is 1.20 bits per heavy atom. The van der Waals surface area contributed by atoms with Crippen LogP contribution in [0.2, 0.25) is 0 Å². The van der Waals surface area contributed by atoms with Crippen molar-refractivity contribution in [2.75, 3.05) is 39.5 Å². The van der Waals surface area contributed by atoms with Crippen LogP contribution in [-0.4, -0.2) is 62.4 Å². The molecular formula is C15H28N2O3. The number of carbonyl (C=O) groups is 1. The number of amides is 1. The third kappa shape index (κ3) is 4.72. The fourth-order valence-corrected chi connectivity index (χ4v) is 2.94. The molecule has 2 aliphatic heterocycles. The molecule has 2 fully saturated rings. The molecule has 0 saturated carbocycles. The van der Waals surface area contributed by atoms with Gasteiger partial charge in [-0.25, -0.2) is 0 Å². The van der Waals surface area contributed by atoms with Gasteiger partial charge >= 0.3 is 0 Å². The van der Waals surface area contributed by atoms with Gasteiger partial charge in [-0.1, -0.05) is 6.42 Å². The number of carbonyl (C=O) groups excluding carboxylic acids is 1. The minimum atomic E-state index is 0.0548. The van der Waals surface area contributed by atoms with E-state index in [0.29, 0.717) is 19.3 Å². The van der Waals surface area contributed by atoms with E-state index in [4.69, 9.17) is 9.47 Å². The quantitative estimate of drug-likeness (QED) is 0.744. The van der Waals surface area contributed by atoms with Crippen LogP contribution in [0.4, 0.5) is 0 Å². The third-order valence-corrected chi connectivity index (χ3v) is 4.15. The zero-order valence-electron chi connectivity index (χ0n) is 12.6. The maximum Gasteiger partial charge on any atom is 0.239 e. The number of ether oxygens (including phenoxy) is 2. The first-order valence-electron chi connectivity index (χ1n) is 8.02. The van der Waals surface area contributed by atoms with Gasteiger partial charge in [0.2, 0.25) is 5.91 Å². The Hall–Kier alpha value is -0.650. The summed E-state index contributed by atoms with van der Waals surface area (Å²) in [5, 5.41) is 3.34. The van der Waals surface area contributed by atoms with E-state index in [2.05, 4.69) is 5.32 Å². The van der Waals surface area contributed by atoms with E-state index >= 15 is 0 Å². The molecule has 1 N–H and O–H groups in total. The van der Waals surface area contributed by atoms with Crippen LogP contribution in [-0.2, 0) is 14.3 Å². The second kappa shape index (κ2) is 8.60. The summed E-state index contributed by atoms with van der Waals surface area (Å²) in [6.07, 6.45) is 5.54. The zero-order chi connectivity index (χ0) is 14.2. The first-order chi connectivity index (χ1) is 9.81. The number of nitrogens with zero attached hydrogens (tertiary/aromatic N) is 1. The van der Waals surface area contributed by atoms with Crippen LogP contribution in [0, 0.1) is 0 Å². The molecule has 5 nitrogen and oxygen atoms in total. The Kier molecular flexibility index (Phi) is 6.76. The van der Waals surface area contributed by atoms with Gasteiger partial charge in [-0.15, -0.1) is 0 Å². The zero-order valence-corrected chi connectivity index (χ0v) is 12.6. The molecule has 1 atom stereocenters. The molecule has 2 saturated heterocycles. The van der Waals surface area contributed by atoms with Gasteiger partial charge < -0.3 is 19.7 Å². The summed E-state index contributed by atoms with van der Waals surface area (Å²) >= 11 is 0. The first-order valence-corrected chi connectivity index (χ1v) is 8.02. The number of nitrogens with one attached hydrogen (secondary N) is 1. The van der Waals surface area contributed by atoms with E-state index in [1.165, 1.54) is 12.8 Å². The Morgan fingerprint density at radius 3 is 2.65 bits per heavy atom. The highest BCUT2D eigenvalue weighted by Gasteiger charge is 2.29. The lowest BCUT2D eigenvalue weighted by molar-refractivity contribution is -0.136. The van der Waals surface area contributed by atoms with Crippen molar-refractivity contribution in [3.8, 4) is 0 Å². The van der Waals surface area contributed by atoms with Gasteiger partial charge in [0.25, 0.3) is 0 Å². The maximum absolute atomic E-state index is 12.4. The Bertz CT molecular complexity index is 285. The number of hydrogen-bond acceptors (Lipinski definition) is 4. The van der Waals surface area contributed by atoms with Crippen molar-refractivity contribution in [3.63, 3.8) is 0 Å². The van der Waals surface area contributed by atoms with Gasteiger partial charge in [0, 0.05) is 19.7 Å². The number of likely N-dealkylation sites (tertiary alicyclic amines) is 1. The van der Waals surface area contributed by atoms with Gasteiger partial charge in [0.1, 0.15) is 0 Å². The molecule has 2 rings (SSSR count). The monoisotopic (exact) mass is 284 g/mol. The van der Waals surface area contributed by atoms with Crippen molar-refractivity contribution < 1.29 is 14.3 Å². The van der Waals surface area contributed by atoms with Gasteiger partial charge in [-0.2, -0.15) is 0 Å². The summed E-state index contributed by atoms with van der Waals surface area (Å²) in [7, 11) is 0. The van der Waals surface area contributed by atoms with Crippen molar-refractivity contribution in [1.29, 1.82) is 0 Å². The van der Waals surface area contributed by atoms with Crippen molar-refractivity contribution in [3.05, 3.63) is 0 Å². The summed E-state index contributed by atoms with van der Waals surface area (Å²) in [6.45, 7) is 6.70. The molecular weight excluding hydrogens is 256 g/mol. The summed E-state index contributed by atoms with van der Waals surface area (Å²) in [6, 6.07) is 0.0548. The van der Waals surface area contributed by atoms with Crippen molar-refractivity contribution in [1.82, 2.24) is 10.2 Å². The smallest absolute Gasteiger partial charge is 0.239 e. The molecule has 0 aromatic rings. The molecule has 116 valence electrons. The fraction of sp³-hybridized carbons (Fsp3) is 0.933. The molecule has 2 aliphatic rings. The highest BCUT2D eigenvalue weighted by molar-refractivity contribution is 5.82. The Labute approximate surface area is 122 Å². The normalized spacial score (nSPS) is 24.9. The predicted octanol–water partition coefficient (Wildman–Crippen LogP) is 1.17. The number of piperidine rings is 2. The fourth-order valence-electron chi connectivity index (χ4n) is 2.94. The van der Waals surface area contributed by atoms with Gasteiger partial charge in [-0.3, -0.25) is 4.79 Å². The lowest BCUT2D eigenvalue weighted by atomic mass is 10.0. The molecule has 5 heteroatoms. The second-order valence-corrected chi connectivity index (χ2v) is 5.59. The van der Waals surface area contributed by atoms with Crippen molar-refractivity contribution in [2.45, 2.75) is 51.2 Å². The molecule has 0 spiro atoms. The molecule has 2 heterocycles. The summed E-state index contributed by atoms with van der Waals surface area (Å²) in [4.78, 5) is 14.4. The molecule has 0 radical (unpaired) electrons. The van der Waals surface area contributed by atoms with Crippen molar-refractivity contribution >= 4 is 5.91 Å². The van der Waals surface area contributed by atoms with Crippen LogP contribution in [0.25, 0.3) is 0 Å². The Morgan fingerprint density at radius 2 is 2.00 bits per heavy atom. The highest BCUT2D eigenvalue weighted by atomic mass is 16.5. The molecule has 0 aromatic carbocycles. The predicted molar refractivity (Wildman–Crippen MR) is 77.7 cm³/mol. The molecule has 20 heavy (non-hydrogen) atoms. The van der Waals surface area contributed by atoms with E-state index < -0.39 is 0 Å². The topological polar surface area (TPSA) is 50.8 Å². The summed E-state index contributed by atoms with van der Waals surface area (Å²) in [5.41, 5.74) is 0. The number of hydrogen-bond donors (Lipinski definition) is 1. The standard InChI is InChI=1S/C15H28N2O3/c1-2-19-11-12-20-13-6-9-17(10-7-13)15(18)14-5-3-4-8-16-14/h13-14,16H,2-12H2,1H3/t14-/m0/s1. The van der Waals surface area contributed by atoms with E-state index in [1.807, 2.05) is 11.8 Å². The number of rotatable bonds is 6. The second-order valence-electron chi connectivity index (χ2n) is 5.59. The van der Waals surface area contributed by atoms with E-state index in [1.54, 1.807) is 0 Å². The van der Waals surface area contributed by atoms with E-state index in [0.717, 1.165) is 45.5 Å². The van der Waals surface area contributed by atoms with Crippen LogP contribution >= 0.6 is 0 Å².